The van der Waals surface area contributed by atoms with Crippen LogP contribution in [0.4, 0.5) is 32.0 Å². The van der Waals surface area contributed by atoms with Crippen LogP contribution in [0.5, 0.6) is 0 Å². The Hall–Kier alpha value is -1.44. The number of anilines is 1. The Morgan fingerprint density at radius 1 is 1.06 bits per heavy atom. The summed E-state index contributed by atoms with van der Waals surface area (Å²) in [5, 5.41) is 0. The summed E-state index contributed by atoms with van der Waals surface area (Å²) in [6, 6.07) is 5.42. The molecule has 1 rings (SSSR count). The van der Waals surface area contributed by atoms with Gasteiger partial charge in [0.25, 0.3) is 0 Å². The monoisotopic (exact) mass is 273 g/mol. The Kier molecular flexibility index (Phi) is 4.10. The Balaban J connectivity index is 2.75. The van der Waals surface area contributed by atoms with E-state index in [1.54, 1.807) is 0 Å². The van der Waals surface area contributed by atoms with Gasteiger partial charge >= 0.3 is 12.4 Å². The zero-order chi connectivity index (χ0) is 14.0. The lowest BCUT2D eigenvalue weighted by molar-refractivity contribution is -0.324. The maximum atomic E-state index is 12.1. The number of nitrogens with two attached hydrogens (primary N) is 1. The van der Waals surface area contributed by atoms with Crippen molar-refractivity contribution in [1.29, 1.82) is 0 Å². The van der Waals surface area contributed by atoms with Gasteiger partial charge in [0, 0.05) is 5.69 Å². The minimum atomic E-state index is -5.50. The normalized spacial score (nSPS) is 13.1. The highest BCUT2D eigenvalue weighted by Gasteiger charge is 2.57. The number of benzene rings is 1. The molecule has 0 aliphatic heterocycles. The first-order valence-electron chi connectivity index (χ1n) is 4.70. The molecule has 0 unspecified atom stereocenters. The van der Waals surface area contributed by atoms with Gasteiger partial charge in [0.2, 0.25) is 6.10 Å². The average molecular weight is 273 g/mol. The van der Waals surface area contributed by atoms with Gasteiger partial charge in [0.1, 0.15) is 0 Å². The van der Waals surface area contributed by atoms with E-state index in [4.69, 9.17) is 5.73 Å². The molecule has 0 radical (unpaired) electrons. The second kappa shape index (κ2) is 5.05. The van der Waals surface area contributed by atoms with Gasteiger partial charge in [-0.3, -0.25) is 0 Å². The van der Waals surface area contributed by atoms with Crippen LogP contribution in [0.1, 0.15) is 5.56 Å². The summed E-state index contributed by atoms with van der Waals surface area (Å²) in [6.45, 7) is -0.825. The predicted octanol–water partition coefficient (Wildman–Crippen LogP) is 3.28. The van der Waals surface area contributed by atoms with Crippen molar-refractivity contribution >= 4 is 5.69 Å². The van der Waals surface area contributed by atoms with Crippen LogP contribution in [0.15, 0.2) is 24.3 Å². The maximum Gasteiger partial charge on any atom is 0.423 e. The zero-order valence-corrected chi connectivity index (χ0v) is 8.85. The van der Waals surface area contributed by atoms with Crippen LogP contribution in [-0.4, -0.2) is 18.5 Å². The molecule has 0 bridgehead atoms. The lowest BCUT2D eigenvalue weighted by Gasteiger charge is -2.23. The van der Waals surface area contributed by atoms with Gasteiger partial charge in [-0.2, -0.15) is 26.3 Å². The van der Waals surface area contributed by atoms with Gasteiger partial charge in [-0.05, 0) is 17.7 Å². The van der Waals surface area contributed by atoms with Crippen molar-refractivity contribution in [3.8, 4) is 0 Å². The zero-order valence-electron chi connectivity index (χ0n) is 8.85. The van der Waals surface area contributed by atoms with E-state index in [0.29, 0.717) is 0 Å². The summed E-state index contributed by atoms with van der Waals surface area (Å²) in [5.41, 5.74) is 5.70. The molecule has 0 saturated heterocycles. The van der Waals surface area contributed by atoms with Gasteiger partial charge in [0.05, 0.1) is 6.61 Å². The van der Waals surface area contributed by atoms with Crippen molar-refractivity contribution in [1.82, 2.24) is 0 Å². The van der Waals surface area contributed by atoms with Crippen LogP contribution in [0, 0.1) is 0 Å². The highest BCUT2D eigenvalue weighted by atomic mass is 19.4. The fourth-order valence-electron chi connectivity index (χ4n) is 1.24. The molecule has 0 saturated carbocycles. The summed E-state index contributed by atoms with van der Waals surface area (Å²) >= 11 is 0. The maximum absolute atomic E-state index is 12.1. The molecule has 0 amide bonds. The van der Waals surface area contributed by atoms with Crippen LogP contribution < -0.4 is 5.73 Å². The Morgan fingerprint density at radius 2 is 1.61 bits per heavy atom. The van der Waals surface area contributed by atoms with E-state index in [2.05, 4.69) is 4.74 Å². The molecule has 18 heavy (non-hydrogen) atoms. The minimum absolute atomic E-state index is 0.133. The highest BCUT2D eigenvalue weighted by Crippen LogP contribution is 2.36. The van der Waals surface area contributed by atoms with Crippen molar-refractivity contribution in [2.45, 2.75) is 25.1 Å². The van der Waals surface area contributed by atoms with E-state index in [-0.39, 0.29) is 11.3 Å². The average Bonchev–Trinajstić information content (AvgIpc) is 2.13. The molecule has 2 N–H and O–H groups in total. The molecule has 1 aromatic rings. The SMILES string of the molecule is Nc1cccc(COC(C(F)(F)F)C(F)(F)F)c1. The molecule has 8 heteroatoms. The molecular formula is C10H9F6NO. The number of halogens is 6. The standard InChI is InChI=1S/C10H9F6NO/c11-9(12,13)8(10(14,15)16)18-5-6-2-1-3-7(17)4-6/h1-4,8H,5,17H2. The van der Waals surface area contributed by atoms with Crippen molar-refractivity contribution in [3.63, 3.8) is 0 Å². The molecule has 2 nitrogen and oxygen atoms in total. The van der Waals surface area contributed by atoms with Crippen LogP contribution in [0.2, 0.25) is 0 Å². The first-order chi connectivity index (χ1) is 8.10. The number of hydrogen-bond donors (Lipinski definition) is 1. The number of rotatable bonds is 3. The van der Waals surface area contributed by atoms with Crippen molar-refractivity contribution in [2.24, 2.45) is 0 Å². The summed E-state index contributed by atoms with van der Waals surface area (Å²) in [5.74, 6) is 0. The summed E-state index contributed by atoms with van der Waals surface area (Å²) in [4.78, 5) is 0. The third kappa shape index (κ3) is 4.10. The predicted molar refractivity (Wildman–Crippen MR) is 51.5 cm³/mol. The van der Waals surface area contributed by atoms with Gasteiger partial charge in [-0.25, -0.2) is 0 Å². The number of hydrogen-bond acceptors (Lipinski definition) is 2. The van der Waals surface area contributed by atoms with E-state index >= 15 is 0 Å². The highest BCUT2D eigenvalue weighted by molar-refractivity contribution is 5.40. The van der Waals surface area contributed by atoms with Crippen LogP contribution in [0.3, 0.4) is 0 Å². The van der Waals surface area contributed by atoms with Gasteiger partial charge in [-0.15, -0.1) is 0 Å². The fourth-order valence-corrected chi connectivity index (χ4v) is 1.24. The molecule has 0 fully saturated rings. The molecule has 0 heterocycles. The molecule has 0 aliphatic rings. The van der Waals surface area contributed by atoms with E-state index in [1.165, 1.54) is 24.3 Å². The van der Waals surface area contributed by atoms with Crippen molar-refractivity contribution in [3.05, 3.63) is 29.8 Å². The summed E-state index contributed by atoms with van der Waals surface area (Å²) in [6.07, 6.45) is -14.8. The summed E-state index contributed by atoms with van der Waals surface area (Å²) in [7, 11) is 0. The largest absolute Gasteiger partial charge is 0.423 e. The second-order valence-electron chi connectivity index (χ2n) is 3.52. The second-order valence-corrected chi connectivity index (χ2v) is 3.52. The molecule has 0 atom stereocenters. The van der Waals surface area contributed by atoms with E-state index in [0.717, 1.165) is 0 Å². The van der Waals surface area contributed by atoms with Gasteiger partial charge in [0.15, 0.2) is 0 Å². The van der Waals surface area contributed by atoms with E-state index in [9.17, 15) is 26.3 Å². The van der Waals surface area contributed by atoms with Crippen LogP contribution in [0.25, 0.3) is 0 Å². The van der Waals surface area contributed by atoms with Gasteiger partial charge in [-0.1, -0.05) is 12.1 Å². The van der Waals surface area contributed by atoms with Gasteiger partial charge < -0.3 is 10.5 Å². The summed E-state index contributed by atoms with van der Waals surface area (Å²) < 4.78 is 76.7. The lowest BCUT2D eigenvalue weighted by atomic mass is 10.2. The Labute approximate surface area is 98.3 Å². The Bertz CT molecular complexity index is 386. The van der Waals surface area contributed by atoms with E-state index < -0.39 is 25.1 Å². The first kappa shape index (κ1) is 14.6. The lowest BCUT2D eigenvalue weighted by Crippen LogP contribution is -2.44. The minimum Gasteiger partial charge on any atom is -0.399 e. The smallest absolute Gasteiger partial charge is 0.399 e. The first-order valence-corrected chi connectivity index (χ1v) is 4.70. The molecule has 102 valence electrons. The third-order valence-corrected chi connectivity index (χ3v) is 1.96. The molecule has 1 aromatic carbocycles. The van der Waals surface area contributed by atoms with Crippen LogP contribution >= 0.6 is 0 Å². The number of alkyl halides is 6. The number of nitrogen functional groups attached to an aromatic ring is 1. The third-order valence-electron chi connectivity index (χ3n) is 1.96. The molecule has 0 aliphatic carbocycles. The van der Waals surface area contributed by atoms with Crippen molar-refractivity contribution in [2.75, 3.05) is 5.73 Å². The Morgan fingerprint density at radius 3 is 2.06 bits per heavy atom. The topological polar surface area (TPSA) is 35.2 Å². The van der Waals surface area contributed by atoms with Crippen LogP contribution in [-0.2, 0) is 11.3 Å². The molecular weight excluding hydrogens is 264 g/mol. The number of ether oxygens (including phenoxy) is 1. The quantitative estimate of drug-likeness (QED) is 0.677. The molecule has 0 aromatic heterocycles. The van der Waals surface area contributed by atoms with E-state index in [1.807, 2.05) is 0 Å². The fraction of sp³-hybridized carbons (Fsp3) is 0.400. The molecule has 0 spiro atoms. The van der Waals surface area contributed by atoms with Crippen molar-refractivity contribution < 1.29 is 31.1 Å².